The fourth-order valence-electron chi connectivity index (χ4n) is 5.88. The van der Waals surface area contributed by atoms with Gasteiger partial charge in [-0.05, 0) is 47.9 Å². The molecule has 10 nitrogen and oxygen atoms in total. The number of amides is 6. The Bertz CT molecular complexity index is 1630. The van der Waals surface area contributed by atoms with Crippen LogP contribution in [-0.2, 0) is 9.59 Å². The van der Waals surface area contributed by atoms with Gasteiger partial charge in [0.25, 0.3) is 23.6 Å². The predicted octanol–water partition coefficient (Wildman–Crippen LogP) is 3.68. The lowest BCUT2D eigenvalue weighted by Crippen LogP contribution is -2.42. The molecule has 2 N–H and O–H groups in total. The zero-order valence-electron chi connectivity index (χ0n) is 23.9. The van der Waals surface area contributed by atoms with E-state index in [1.165, 1.54) is 0 Å². The van der Waals surface area contributed by atoms with Crippen molar-refractivity contribution >= 4 is 57.0 Å². The number of hydrogen-bond acceptors (Lipinski definition) is 6. The van der Waals surface area contributed by atoms with Crippen molar-refractivity contribution in [3.8, 4) is 0 Å². The second kappa shape index (κ2) is 12.1. The molecule has 4 aromatic rings. The van der Waals surface area contributed by atoms with E-state index in [2.05, 4.69) is 10.6 Å². The molecule has 2 heterocycles. The SMILES string of the molecule is O=C(CCN1C(=O)c2cccc3cccc(c23)C1=O)NCCCCNC(=O)CCN1C(=O)c2cccc3cccc(c23)C1=O. The summed E-state index contributed by atoms with van der Waals surface area (Å²) >= 11 is 0. The Morgan fingerprint density at radius 2 is 0.818 bits per heavy atom. The first kappa shape index (κ1) is 28.7. The topological polar surface area (TPSA) is 133 Å². The van der Waals surface area contributed by atoms with Gasteiger partial charge in [0.15, 0.2) is 0 Å². The van der Waals surface area contributed by atoms with Gasteiger partial charge < -0.3 is 10.6 Å². The maximum absolute atomic E-state index is 13.0. The molecule has 0 unspecified atom stereocenters. The summed E-state index contributed by atoms with van der Waals surface area (Å²) in [6.45, 7) is 0.709. The van der Waals surface area contributed by atoms with Crippen LogP contribution in [0.4, 0.5) is 0 Å². The molecule has 0 saturated heterocycles. The summed E-state index contributed by atoms with van der Waals surface area (Å²) in [6.07, 6.45) is 1.18. The van der Waals surface area contributed by atoms with Crippen molar-refractivity contribution in [2.75, 3.05) is 26.2 Å². The van der Waals surface area contributed by atoms with Crippen molar-refractivity contribution in [2.45, 2.75) is 25.7 Å². The average molecular weight is 591 g/mol. The molecule has 0 aromatic heterocycles. The Hall–Kier alpha value is -5.38. The third-order valence-electron chi connectivity index (χ3n) is 8.08. The molecule has 0 spiro atoms. The summed E-state index contributed by atoms with van der Waals surface area (Å²) in [5.41, 5.74) is 1.82. The summed E-state index contributed by atoms with van der Waals surface area (Å²) in [5.74, 6) is -2.17. The lowest BCUT2D eigenvalue weighted by atomic mass is 9.94. The van der Waals surface area contributed by atoms with Gasteiger partial charge in [-0.2, -0.15) is 0 Å². The minimum atomic E-state index is -0.404. The van der Waals surface area contributed by atoms with Crippen LogP contribution in [0.3, 0.4) is 0 Å². The maximum Gasteiger partial charge on any atom is 0.261 e. The highest BCUT2D eigenvalue weighted by atomic mass is 16.2. The quantitative estimate of drug-likeness (QED) is 0.202. The van der Waals surface area contributed by atoms with Crippen LogP contribution in [0.25, 0.3) is 21.5 Å². The zero-order chi connectivity index (χ0) is 30.8. The van der Waals surface area contributed by atoms with Crippen LogP contribution >= 0.6 is 0 Å². The number of unbranched alkanes of at least 4 members (excludes halogenated alkanes) is 1. The number of nitrogens with zero attached hydrogens (tertiary/aromatic N) is 2. The Morgan fingerprint density at radius 3 is 1.14 bits per heavy atom. The minimum absolute atomic E-state index is 0.0146. The molecule has 0 bridgehead atoms. The molecule has 2 aliphatic rings. The van der Waals surface area contributed by atoms with Crippen molar-refractivity contribution in [3.05, 3.63) is 95.1 Å². The summed E-state index contributed by atoms with van der Waals surface area (Å²) in [6, 6.07) is 21.3. The highest BCUT2D eigenvalue weighted by Crippen LogP contribution is 2.31. The fraction of sp³-hybridized carbons (Fsp3) is 0.235. The lowest BCUT2D eigenvalue weighted by molar-refractivity contribution is -0.122. The van der Waals surface area contributed by atoms with E-state index in [-0.39, 0.29) is 37.7 Å². The first-order chi connectivity index (χ1) is 21.3. The number of hydrogen-bond donors (Lipinski definition) is 2. The second-order valence-electron chi connectivity index (χ2n) is 10.8. The van der Waals surface area contributed by atoms with Crippen LogP contribution in [0.2, 0.25) is 0 Å². The molecule has 0 aliphatic carbocycles. The van der Waals surface area contributed by atoms with E-state index in [1.807, 2.05) is 24.3 Å². The Balaban J connectivity index is 0.896. The van der Waals surface area contributed by atoms with Crippen LogP contribution in [0, 0.1) is 0 Å². The molecule has 10 heteroatoms. The molecule has 6 amide bonds. The molecular formula is C34H30N4O6. The number of carbonyl (C=O) groups excluding carboxylic acids is 6. The molecule has 6 rings (SSSR count). The molecular weight excluding hydrogens is 560 g/mol. The van der Waals surface area contributed by atoms with Crippen LogP contribution in [-0.4, -0.2) is 71.4 Å². The van der Waals surface area contributed by atoms with Crippen molar-refractivity contribution in [2.24, 2.45) is 0 Å². The Labute approximate surface area is 253 Å². The molecule has 0 radical (unpaired) electrons. The zero-order valence-corrected chi connectivity index (χ0v) is 23.9. The van der Waals surface area contributed by atoms with Crippen LogP contribution < -0.4 is 10.6 Å². The van der Waals surface area contributed by atoms with Gasteiger partial charge in [0.1, 0.15) is 0 Å². The highest BCUT2D eigenvalue weighted by Gasteiger charge is 2.34. The monoisotopic (exact) mass is 590 g/mol. The number of benzene rings is 4. The van der Waals surface area contributed by atoms with E-state index in [0.717, 1.165) is 20.6 Å². The molecule has 222 valence electrons. The largest absolute Gasteiger partial charge is 0.356 e. The molecule has 0 saturated carbocycles. The highest BCUT2D eigenvalue weighted by molar-refractivity contribution is 6.26. The normalized spacial score (nSPS) is 14.0. The van der Waals surface area contributed by atoms with Gasteiger partial charge in [-0.15, -0.1) is 0 Å². The van der Waals surface area contributed by atoms with Gasteiger partial charge in [0.2, 0.25) is 11.8 Å². The van der Waals surface area contributed by atoms with E-state index >= 15 is 0 Å². The number of nitrogens with one attached hydrogen (secondary N) is 2. The average Bonchev–Trinajstić information content (AvgIpc) is 3.03. The van der Waals surface area contributed by atoms with Gasteiger partial charge >= 0.3 is 0 Å². The van der Waals surface area contributed by atoms with Crippen LogP contribution in [0.5, 0.6) is 0 Å². The van der Waals surface area contributed by atoms with E-state index in [4.69, 9.17) is 0 Å². The molecule has 0 fully saturated rings. The van der Waals surface area contributed by atoms with Crippen molar-refractivity contribution in [3.63, 3.8) is 0 Å². The predicted molar refractivity (Wildman–Crippen MR) is 163 cm³/mol. The molecule has 44 heavy (non-hydrogen) atoms. The Morgan fingerprint density at radius 1 is 0.500 bits per heavy atom. The van der Waals surface area contributed by atoms with E-state index in [9.17, 15) is 28.8 Å². The standard InChI is InChI=1S/C34H30N4O6/c39-27(15-19-37-31(41)23-11-3-7-21-8-4-12-24(29(21)23)32(37)42)35-17-1-2-18-36-28(40)16-20-38-33(43)25-13-5-9-22-10-6-14-26(30(22)25)34(38)44/h3-14H,1-2,15-20H2,(H,35,39)(H,36,40). The van der Waals surface area contributed by atoms with Crippen LogP contribution in [0.1, 0.15) is 67.1 Å². The third kappa shape index (κ3) is 5.30. The lowest BCUT2D eigenvalue weighted by Gasteiger charge is -2.27. The van der Waals surface area contributed by atoms with Gasteiger partial charge in [-0.25, -0.2) is 0 Å². The van der Waals surface area contributed by atoms with E-state index in [0.29, 0.717) is 59.0 Å². The third-order valence-corrected chi connectivity index (χ3v) is 8.08. The van der Waals surface area contributed by atoms with Crippen LogP contribution in [0.15, 0.2) is 72.8 Å². The van der Waals surface area contributed by atoms with Crippen molar-refractivity contribution in [1.29, 1.82) is 0 Å². The van der Waals surface area contributed by atoms with Gasteiger partial charge in [-0.1, -0.05) is 48.5 Å². The van der Waals surface area contributed by atoms with E-state index < -0.39 is 23.6 Å². The minimum Gasteiger partial charge on any atom is -0.356 e. The van der Waals surface area contributed by atoms with E-state index in [1.54, 1.807) is 48.5 Å². The maximum atomic E-state index is 13.0. The summed E-state index contributed by atoms with van der Waals surface area (Å²) in [5, 5.41) is 8.53. The van der Waals surface area contributed by atoms with Crippen molar-refractivity contribution < 1.29 is 28.8 Å². The Kier molecular flexibility index (Phi) is 7.89. The van der Waals surface area contributed by atoms with Crippen molar-refractivity contribution in [1.82, 2.24) is 20.4 Å². The first-order valence-electron chi connectivity index (χ1n) is 14.6. The fourth-order valence-corrected chi connectivity index (χ4v) is 5.88. The van der Waals surface area contributed by atoms with Gasteiger partial charge in [0.05, 0.1) is 0 Å². The summed E-state index contributed by atoms with van der Waals surface area (Å²) < 4.78 is 0. The molecule has 0 atom stereocenters. The number of rotatable bonds is 11. The molecule has 2 aliphatic heterocycles. The summed E-state index contributed by atoms with van der Waals surface area (Å²) in [7, 11) is 0. The van der Waals surface area contributed by atoms with Gasteiger partial charge in [-0.3, -0.25) is 38.6 Å². The second-order valence-corrected chi connectivity index (χ2v) is 10.8. The molecule has 4 aromatic carbocycles. The smallest absolute Gasteiger partial charge is 0.261 e. The summed E-state index contributed by atoms with van der Waals surface area (Å²) in [4.78, 5) is 79.0. The number of carbonyl (C=O) groups is 6. The van der Waals surface area contributed by atoms with Gasteiger partial charge in [0, 0.05) is 72.0 Å². The number of imide groups is 2. The first-order valence-corrected chi connectivity index (χ1v) is 14.6.